The predicted octanol–water partition coefficient (Wildman–Crippen LogP) is 3.82. The molecule has 0 aromatic heterocycles. The van der Waals surface area contributed by atoms with Crippen molar-refractivity contribution in [3.05, 3.63) is 33.8 Å². The van der Waals surface area contributed by atoms with E-state index in [9.17, 15) is 0 Å². The van der Waals surface area contributed by atoms with E-state index in [-0.39, 0.29) is 0 Å². The normalized spacial score (nSPS) is 12.9. The molecule has 0 bridgehead atoms. The standard InChI is InChI=1S/C12H18BrN/c1-4-5-14-10(3)11-6-9(2)7-12(13)8-11/h6-8,10,14H,4-5H2,1-3H3. The van der Waals surface area contributed by atoms with Crippen molar-refractivity contribution < 1.29 is 0 Å². The molecule has 1 aromatic carbocycles. The Balaban J connectivity index is 2.73. The first-order chi connectivity index (χ1) is 6.63. The summed E-state index contributed by atoms with van der Waals surface area (Å²) in [7, 11) is 0. The molecule has 0 fully saturated rings. The summed E-state index contributed by atoms with van der Waals surface area (Å²) in [5.74, 6) is 0. The van der Waals surface area contributed by atoms with Crippen LogP contribution in [0.5, 0.6) is 0 Å². The van der Waals surface area contributed by atoms with Crippen LogP contribution in [-0.2, 0) is 0 Å². The van der Waals surface area contributed by atoms with Crippen LogP contribution in [0.15, 0.2) is 22.7 Å². The number of nitrogens with one attached hydrogen (secondary N) is 1. The molecule has 1 atom stereocenters. The number of benzene rings is 1. The highest BCUT2D eigenvalue weighted by atomic mass is 79.9. The minimum Gasteiger partial charge on any atom is -0.310 e. The molecule has 0 aliphatic rings. The highest BCUT2D eigenvalue weighted by Gasteiger charge is 2.04. The van der Waals surface area contributed by atoms with Crippen molar-refractivity contribution in [2.45, 2.75) is 33.2 Å². The maximum absolute atomic E-state index is 3.52. The quantitative estimate of drug-likeness (QED) is 0.863. The third kappa shape index (κ3) is 3.43. The monoisotopic (exact) mass is 255 g/mol. The van der Waals surface area contributed by atoms with Gasteiger partial charge < -0.3 is 5.32 Å². The van der Waals surface area contributed by atoms with Crippen LogP contribution in [0.3, 0.4) is 0 Å². The van der Waals surface area contributed by atoms with Crippen LogP contribution < -0.4 is 5.32 Å². The van der Waals surface area contributed by atoms with Gasteiger partial charge in [0.2, 0.25) is 0 Å². The minimum absolute atomic E-state index is 0.436. The first kappa shape index (κ1) is 11.7. The molecule has 0 aliphatic carbocycles. The van der Waals surface area contributed by atoms with Gasteiger partial charge >= 0.3 is 0 Å². The second-order valence-corrected chi connectivity index (χ2v) is 4.65. The lowest BCUT2D eigenvalue weighted by Gasteiger charge is -2.14. The Morgan fingerprint density at radius 3 is 2.64 bits per heavy atom. The molecule has 0 saturated heterocycles. The Kier molecular flexibility index (Phi) is 4.63. The van der Waals surface area contributed by atoms with E-state index in [1.54, 1.807) is 0 Å². The van der Waals surface area contributed by atoms with Crippen molar-refractivity contribution in [1.29, 1.82) is 0 Å². The van der Waals surface area contributed by atoms with Crippen molar-refractivity contribution in [2.24, 2.45) is 0 Å². The summed E-state index contributed by atoms with van der Waals surface area (Å²) in [5, 5.41) is 3.48. The zero-order chi connectivity index (χ0) is 10.6. The number of rotatable bonds is 4. The van der Waals surface area contributed by atoms with Gasteiger partial charge in [-0.1, -0.05) is 28.9 Å². The largest absolute Gasteiger partial charge is 0.310 e. The topological polar surface area (TPSA) is 12.0 Å². The maximum Gasteiger partial charge on any atom is 0.0292 e. The molecule has 0 amide bonds. The van der Waals surface area contributed by atoms with E-state index in [2.05, 4.69) is 60.2 Å². The fraction of sp³-hybridized carbons (Fsp3) is 0.500. The molecule has 0 spiro atoms. The molecule has 0 heterocycles. The molecule has 1 aromatic rings. The van der Waals surface area contributed by atoms with Crippen molar-refractivity contribution in [3.8, 4) is 0 Å². The summed E-state index contributed by atoms with van der Waals surface area (Å²) in [5.41, 5.74) is 2.66. The number of aryl methyl sites for hydroxylation is 1. The summed E-state index contributed by atoms with van der Waals surface area (Å²) in [6.45, 7) is 7.59. The molecule has 1 nitrogen and oxygen atoms in total. The predicted molar refractivity (Wildman–Crippen MR) is 65.6 cm³/mol. The lowest BCUT2D eigenvalue weighted by atomic mass is 10.1. The first-order valence-electron chi connectivity index (χ1n) is 5.14. The zero-order valence-electron chi connectivity index (χ0n) is 9.10. The van der Waals surface area contributed by atoms with Crippen LogP contribution in [0.4, 0.5) is 0 Å². The van der Waals surface area contributed by atoms with Gasteiger partial charge in [-0.15, -0.1) is 0 Å². The Morgan fingerprint density at radius 1 is 1.36 bits per heavy atom. The average Bonchev–Trinajstić information content (AvgIpc) is 2.12. The summed E-state index contributed by atoms with van der Waals surface area (Å²) >= 11 is 3.52. The van der Waals surface area contributed by atoms with Gasteiger partial charge in [0, 0.05) is 10.5 Å². The summed E-state index contributed by atoms with van der Waals surface area (Å²) in [4.78, 5) is 0. The number of hydrogen-bond acceptors (Lipinski definition) is 1. The smallest absolute Gasteiger partial charge is 0.0292 e. The Hall–Kier alpha value is -0.340. The van der Waals surface area contributed by atoms with Gasteiger partial charge in [0.25, 0.3) is 0 Å². The molecule has 78 valence electrons. The number of halogens is 1. The van der Waals surface area contributed by atoms with Gasteiger partial charge in [0.15, 0.2) is 0 Å². The summed E-state index contributed by atoms with van der Waals surface area (Å²) in [6.07, 6.45) is 1.18. The van der Waals surface area contributed by atoms with Crippen molar-refractivity contribution >= 4 is 15.9 Å². The van der Waals surface area contributed by atoms with Gasteiger partial charge in [0.1, 0.15) is 0 Å². The third-order valence-electron chi connectivity index (χ3n) is 2.26. The summed E-state index contributed by atoms with van der Waals surface area (Å²) in [6, 6.07) is 6.99. The first-order valence-corrected chi connectivity index (χ1v) is 5.93. The number of hydrogen-bond donors (Lipinski definition) is 1. The van der Waals surface area contributed by atoms with Gasteiger partial charge in [-0.3, -0.25) is 0 Å². The molecule has 1 unspecified atom stereocenters. The van der Waals surface area contributed by atoms with Crippen LogP contribution in [-0.4, -0.2) is 6.54 Å². The zero-order valence-corrected chi connectivity index (χ0v) is 10.7. The van der Waals surface area contributed by atoms with Crippen LogP contribution in [0.25, 0.3) is 0 Å². The summed E-state index contributed by atoms with van der Waals surface area (Å²) < 4.78 is 1.16. The SMILES string of the molecule is CCCNC(C)c1cc(C)cc(Br)c1. The molecule has 1 N–H and O–H groups in total. The van der Waals surface area contributed by atoms with Crippen LogP contribution in [0, 0.1) is 6.92 Å². The van der Waals surface area contributed by atoms with E-state index >= 15 is 0 Å². The molecule has 1 rings (SSSR count). The van der Waals surface area contributed by atoms with Gasteiger partial charge in [-0.25, -0.2) is 0 Å². The van der Waals surface area contributed by atoms with Crippen molar-refractivity contribution in [3.63, 3.8) is 0 Å². The molecule has 0 radical (unpaired) electrons. The molecule has 2 heteroatoms. The van der Waals surface area contributed by atoms with Crippen molar-refractivity contribution in [1.82, 2.24) is 5.32 Å². The third-order valence-corrected chi connectivity index (χ3v) is 2.72. The Labute approximate surface area is 95.0 Å². The maximum atomic E-state index is 3.52. The highest BCUT2D eigenvalue weighted by molar-refractivity contribution is 9.10. The van der Waals surface area contributed by atoms with E-state index in [0.717, 1.165) is 11.0 Å². The van der Waals surface area contributed by atoms with E-state index in [1.807, 2.05) is 0 Å². The lowest BCUT2D eigenvalue weighted by Crippen LogP contribution is -2.19. The molecular weight excluding hydrogens is 238 g/mol. The highest BCUT2D eigenvalue weighted by Crippen LogP contribution is 2.20. The van der Waals surface area contributed by atoms with Crippen LogP contribution in [0.2, 0.25) is 0 Å². The Morgan fingerprint density at radius 2 is 2.07 bits per heavy atom. The van der Waals surface area contributed by atoms with Gasteiger partial charge in [0.05, 0.1) is 0 Å². The molecule has 0 saturated carbocycles. The van der Waals surface area contributed by atoms with Gasteiger partial charge in [-0.2, -0.15) is 0 Å². The van der Waals surface area contributed by atoms with E-state index in [4.69, 9.17) is 0 Å². The average molecular weight is 256 g/mol. The molecular formula is C12H18BrN. The lowest BCUT2D eigenvalue weighted by molar-refractivity contribution is 0.570. The second-order valence-electron chi connectivity index (χ2n) is 3.74. The van der Waals surface area contributed by atoms with Crippen LogP contribution >= 0.6 is 15.9 Å². The fourth-order valence-corrected chi connectivity index (χ4v) is 2.12. The fourth-order valence-electron chi connectivity index (χ4n) is 1.49. The molecule has 0 aliphatic heterocycles. The Bertz CT molecular complexity index is 276. The van der Waals surface area contributed by atoms with Crippen LogP contribution in [0.1, 0.15) is 37.4 Å². The molecule has 14 heavy (non-hydrogen) atoms. The van der Waals surface area contributed by atoms with Gasteiger partial charge in [-0.05, 0) is 50.1 Å². The van der Waals surface area contributed by atoms with E-state index in [0.29, 0.717) is 6.04 Å². The minimum atomic E-state index is 0.436. The van der Waals surface area contributed by atoms with Crippen molar-refractivity contribution in [2.75, 3.05) is 6.54 Å². The van der Waals surface area contributed by atoms with E-state index < -0.39 is 0 Å². The van der Waals surface area contributed by atoms with E-state index in [1.165, 1.54) is 17.5 Å². The second kappa shape index (κ2) is 5.52.